The Morgan fingerprint density at radius 3 is 2.57 bits per heavy atom. The van der Waals surface area contributed by atoms with Crippen molar-refractivity contribution in [3.63, 3.8) is 0 Å². The molecule has 28 heavy (non-hydrogen) atoms. The van der Waals surface area contributed by atoms with E-state index in [4.69, 9.17) is 12.2 Å². The number of amides is 3. The predicted octanol–water partition coefficient (Wildman–Crippen LogP) is 1.77. The van der Waals surface area contributed by atoms with Crippen LogP contribution in [-0.4, -0.2) is 57.3 Å². The number of thiocarbonyl (C=S) groups is 1. The van der Waals surface area contributed by atoms with E-state index in [2.05, 4.69) is 5.32 Å². The van der Waals surface area contributed by atoms with E-state index in [1.165, 1.54) is 11.9 Å². The molecule has 3 amide bonds. The van der Waals surface area contributed by atoms with Crippen molar-refractivity contribution in [2.24, 2.45) is 0 Å². The van der Waals surface area contributed by atoms with Crippen molar-refractivity contribution < 1.29 is 14.4 Å². The second kappa shape index (κ2) is 7.93. The third-order valence-electron chi connectivity index (χ3n) is 4.85. The van der Waals surface area contributed by atoms with Crippen molar-refractivity contribution in [3.05, 3.63) is 41.6 Å². The Kier molecular flexibility index (Phi) is 5.60. The molecule has 8 heteroatoms. The van der Waals surface area contributed by atoms with Crippen molar-refractivity contribution in [3.8, 4) is 0 Å². The van der Waals surface area contributed by atoms with Gasteiger partial charge in [-0.05, 0) is 38.2 Å². The molecule has 1 aromatic carbocycles. The third kappa shape index (κ3) is 3.55. The molecular weight excluding hydrogens is 376 g/mol. The van der Waals surface area contributed by atoms with Crippen LogP contribution in [0.2, 0.25) is 0 Å². The summed E-state index contributed by atoms with van der Waals surface area (Å²) in [5, 5.41) is 3.45. The summed E-state index contributed by atoms with van der Waals surface area (Å²) in [4.78, 5) is 40.3. The highest BCUT2D eigenvalue weighted by molar-refractivity contribution is 7.80. The predicted molar refractivity (Wildman–Crippen MR) is 111 cm³/mol. The fourth-order valence-corrected chi connectivity index (χ4v) is 3.42. The molecule has 0 atom stereocenters. The number of carbonyl (C=O) groups excluding carboxylic acids is 3. The van der Waals surface area contributed by atoms with Crippen LogP contribution in [0.3, 0.4) is 0 Å². The highest BCUT2D eigenvalue weighted by atomic mass is 32.1. The quantitative estimate of drug-likeness (QED) is 0.473. The van der Waals surface area contributed by atoms with Crippen LogP contribution in [0.5, 0.6) is 0 Å². The van der Waals surface area contributed by atoms with Gasteiger partial charge in [-0.15, -0.1) is 0 Å². The molecule has 1 fully saturated rings. The van der Waals surface area contributed by atoms with Crippen LogP contribution in [0.4, 0.5) is 0 Å². The monoisotopic (exact) mass is 398 g/mol. The first kappa shape index (κ1) is 19.8. The zero-order chi connectivity index (χ0) is 20.4. The molecule has 2 heterocycles. The first-order chi connectivity index (χ1) is 13.4. The number of fused-ring (bicyclic) bond motifs is 1. The standard InChI is InChI=1S/C20H22N4O3S/c1-4-23(5-2)17(25)12-24-11-13(14-8-6-7-9-16(14)24)10-15-18(26)21-20(28)22(3)19(15)27/h6-11H,4-5,12H2,1-3H3,(H,21,26,28)/b15-10-. The third-order valence-corrected chi connectivity index (χ3v) is 5.22. The summed E-state index contributed by atoms with van der Waals surface area (Å²) in [5.41, 5.74) is 1.57. The Morgan fingerprint density at radius 1 is 1.21 bits per heavy atom. The van der Waals surface area contributed by atoms with E-state index in [9.17, 15) is 14.4 Å². The van der Waals surface area contributed by atoms with E-state index in [0.717, 1.165) is 10.9 Å². The van der Waals surface area contributed by atoms with Crippen LogP contribution in [0.1, 0.15) is 19.4 Å². The average molecular weight is 398 g/mol. The van der Waals surface area contributed by atoms with Crippen molar-refractivity contribution in [1.29, 1.82) is 0 Å². The summed E-state index contributed by atoms with van der Waals surface area (Å²) in [7, 11) is 1.52. The molecular formula is C20H22N4O3S. The summed E-state index contributed by atoms with van der Waals surface area (Å²) in [6.45, 7) is 5.37. The highest BCUT2D eigenvalue weighted by Crippen LogP contribution is 2.25. The fraction of sp³-hybridized carbons (Fsp3) is 0.300. The van der Waals surface area contributed by atoms with Crippen molar-refractivity contribution in [1.82, 2.24) is 19.7 Å². The van der Waals surface area contributed by atoms with E-state index in [-0.39, 0.29) is 23.1 Å². The number of carbonyl (C=O) groups is 3. The zero-order valence-electron chi connectivity index (χ0n) is 16.1. The Hall–Kier alpha value is -3.00. The van der Waals surface area contributed by atoms with Crippen LogP contribution in [0.25, 0.3) is 17.0 Å². The lowest BCUT2D eigenvalue weighted by molar-refractivity contribution is -0.131. The number of nitrogens with one attached hydrogen (secondary N) is 1. The minimum Gasteiger partial charge on any atom is -0.342 e. The Bertz CT molecular complexity index is 1000. The normalized spacial score (nSPS) is 16.0. The number of benzene rings is 1. The summed E-state index contributed by atoms with van der Waals surface area (Å²) in [6.07, 6.45) is 3.35. The maximum atomic E-state index is 12.6. The molecule has 1 N–H and O–H groups in total. The largest absolute Gasteiger partial charge is 0.342 e. The van der Waals surface area contributed by atoms with Gasteiger partial charge >= 0.3 is 0 Å². The fourth-order valence-electron chi connectivity index (χ4n) is 3.24. The van der Waals surface area contributed by atoms with Gasteiger partial charge < -0.3 is 9.47 Å². The van der Waals surface area contributed by atoms with Gasteiger partial charge in [0.05, 0.1) is 0 Å². The molecule has 1 saturated heterocycles. The molecule has 1 aliphatic heterocycles. The molecule has 7 nitrogen and oxygen atoms in total. The Balaban J connectivity index is 2.03. The molecule has 1 aromatic heterocycles. The summed E-state index contributed by atoms with van der Waals surface area (Å²) < 4.78 is 1.85. The Labute approximate surface area is 168 Å². The van der Waals surface area contributed by atoms with Crippen molar-refractivity contribution in [2.75, 3.05) is 20.1 Å². The summed E-state index contributed by atoms with van der Waals surface area (Å²) in [6, 6.07) is 7.59. The van der Waals surface area contributed by atoms with Crippen LogP contribution < -0.4 is 5.32 Å². The molecule has 0 unspecified atom stereocenters. The summed E-state index contributed by atoms with van der Waals surface area (Å²) >= 11 is 4.98. The average Bonchev–Trinajstić information content (AvgIpc) is 3.02. The minimum absolute atomic E-state index is 0.00840. The van der Waals surface area contributed by atoms with E-state index in [1.54, 1.807) is 17.2 Å². The Morgan fingerprint density at radius 2 is 1.89 bits per heavy atom. The van der Waals surface area contributed by atoms with E-state index >= 15 is 0 Å². The molecule has 2 aromatic rings. The van der Waals surface area contributed by atoms with Gasteiger partial charge in [0, 0.05) is 42.8 Å². The topological polar surface area (TPSA) is 74.7 Å². The van der Waals surface area contributed by atoms with Crippen LogP contribution in [-0.2, 0) is 20.9 Å². The molecule has 0 bridgehead atoms. The van der Waals surface area contributed by atoms with Gasteiger partial charge in [0.1, 0.15) is 12.1 Å². The second-order valence-electron chi connectivity index (χ2n) is 6.48. The lowest BCUT2D eigenvalue weighted by Gasteiger charge is -2.24. The number of likely N-dealkylation sites (N-methyl/N-ethyl adjacent to an activating group) is 2. The zero-order valence-corrected chi connectivity index (χ0v) is 16.9. The number of hydrogen-bond acceptors (Lipinski definition) is 4. The van der Waals surface area contributed by atoms with Gasteiger partial charge in [0.15, 0.2) is 5.11 Å². The smallest absolute Gasteiger partial charge is 0.265 e. The molecule has 1 aliphatic rings. The number of para-hydroxylation sites is 1. The van der Waals surface area contributed by atoms with E-state index < -0.39 is 11.8 Å². The first-order valence-electron chi connectivity index (χ1n) is 9.08. The van der Waals surface area contributed by atoms with E-state index in [0.29, 0.717) is 18.7 Å². The van der Waals surface area contributed by atoms with E-state index in [1.807, 2.05) is 42.7 Å². The number of aromatic nitrogens is 1. The maximum absolute atomic E-state index is 12.6. The molecule has 3 rings (SSSR count). The summed E-state index contributed by atoms with van der Waals surface area (Å²) in [5.74, 6) is -0.963. The lowest BCUT2D eigenvalue weighted by Crippen LogP contribution is -2.52. The van der Waals surface area contributed by atoms with Crippen LogP contribution >= 0.6 is 12.2 Å². The molecule has 146 valence electrons. The van der Waals surface area contributed by atoms with Gasteiger partial charge in [-0.25, -0.2) is 0 Å². The van der Waals surface area contributed by atoms with Crippen LogP contribution in [0, 0.1) is 0 Å². The number of hydrogen-bond donors (Lipinski definition) is 1. The van der Waals surface area contributed by atoms with Gasteiger partial charge in [-0.2, -0.15) is 0 Å². The van der Waals surface area contributed by atoms with Crippen molar-refractivity contribution in [2.45, 2.75) is 20.4 Å². The second-order valence-corrected chi connectivity index (χ2v) is 6.86. The molecule has 0 saturated carbocycles. The van der Waals surface area contributed by atoms with Gasteiger partial charge in [0.25, 0.3) is 11.8 Å². The van der Waals surface area contributed by atoms with Gasteiger partial charge in [-0.3, -0.25) is 24.6 Å². The van der Waals surface area contributed by atoms with Crippen LogP contribution in [0.15, 0.2) is 36.0 Å². The van der Waals surface area contributed by atoms with Gasteiger partial charge in [-0.1, -0.05) is 18.2 Å². The van der Waals surface area contributed by atoms with Crippen molar-refractivity contribution >= 4 is 52.0 Å². The molecule has 0 radical (unpaired) electrons. The number of nitrogens with zero attached hydrogens (tertiary/aromatic N) is 3. The first-order valence-corrected chi connectivity index (χ1v) is 9.48. The number of rotatable bonds is 5. The highest BCUT2D eigenvalue weighted by Gasteiger charge is 2.31. The molecule has 0 aliphatic carbocycles. The lowest BCUT2D eigenvalue weighted by atomic mass is 10.1. The van der Waals surface area contributed by atoms with Gasteiger partial charge in [0.2, 0.25) is 5.91 Å². The SMILES string of the molecule is CCN(CC)C(=O)Cn1cc(/C=C2/C(=O)NC(=S)N(C)C2=O)c2ccccc21. The minimum atomic E-state index is -0.524. The molecule has 0 spiro atoms. The maximum Gasteiger partial charge on any atom is 0.265 e.